The first-order valence-corrected chi connectivity index (χ1v) is 9.71. The monoisotopic (exact) mass is 402 g/mol. The van der Waals surface area contributed by atoms with Gasteiger partial charge < -0.3 is 19.8 Å². The highest BCUT2D eigenvalue weighted by Gasteiger charge is 2.24. The van der Waals surface area contributed by atoms with E-state index in [4.69, 9.17) is 4.42 Å². The van der Waals surface area contributed by atoms with Crippen molar-refractivity contribution in [1.82, 2.24) is 4.98 Å². The number of H-pyrrole nitrogens is 1. The number of fused-ring (bicyclic) bond motifs is 2. The van der Waals surface area contributed by atoms with E-state index in [2.05, 4.69) is 10.3 Å². The van der Waals surface area contributed by atoms with Crippen LogP contribution < -0.4 is 5.32 Å². The summed E-state index contributed by atoms with van der Waals surface area (Å²) in [5, 5.41) is 15.9. The first-order chi connectivity index (χ1) is 14.1. The van der Waals surface area contributed by atoms with Crippen LogP contribution in [0.3, 0.4) is 0 Å². The quantitative estimate of drug-likeness (QED) is 0.365. The predicted octanol–water partition coefficient (Wildman–Crippen LogP) is 5.59. The number of para-hydroxylation sites is 2. The van der Waals surface area contributed by atoms with Gasteiger partial charge in [-0.15, -0.1) is 11.3 Å². The van der Waals surface area contributed by atoms with Crippen molar-refractivity contribution < 1.29 is 19.1 Å². The number of hydrogen-bond acceptors (Lipinski definition) is 4. The van der Waals surface area contributed by atoms with Crippen molar-refractivity contribution in [2.24, 2.45) is 0 Å². The first kappa shape index (κ1) is 17.3. The molecule has 3 heterocycles. The topological polar surface area (TPSA) is 95.3 Å². The summed E-state index contributed by atoms with van der Waals surface area (Å²) in [5.41, 5.74) is 2.60. The maximum absolute atomic E-state index is 12.7. The number of carboxylic acids is 1. The summed E-state index contributed by atoms with van der Waals surface area (Å²) in [4.78, 5) is 28.4. The van der Waals surface area contributed by atoms with Crippen LogP contribution in [0.25, 0.3) is 32.3 Å². The van der Waals surface area contributed by atoms with Gasteiger partial charge in [0.25, 0.3) is 5.91 Å². The number of amides is 1. The zero-order chi connectivity index (χ0) is 20.0. The third-order valence-corrected chi connectivity index (χ3v) is 5.75. The standard InChI is InChI=1S/C22H14N2O4S/c25-21(18-9-12-5-1-4-8-17(12)28-18)24-16-11-29-20(19(16)22(26)27)14-10-23-15-7-3-2-6-13(14)15/h1-11,23H,(H,24,25)(H,26,27). The largest absolute Gasteiger partial charge is 0.478 e. The molecule has 0 unspecified atom stereocenters. The number of carbonyl (C=O) groups excluding carboxylic acids is 1. The van der Waals surface area contributed by atoms with E-state index < -0.39 is 11.9 Å². The normalized spacial score (nSPS) is 11.2. The summed E-state index contributed by atoms with van der Waals surface area (Å²) < 4.78 is 5.58. The molecule has 5 rings (SSSR count). The van der Waals surface area contributed by atoms with E-state index in [-0.39, 0.29) is 17.0 Å². The zero-order valence-electron chi connectivity index (χ0n) is 14.9. The van der Waals surface area contributed by atoms with Crippen molar-refractivity contribution in [2.45, 2.75) is 0 Å². The molecule has 0 radical (unpaired) electrons. The summed E-state index contributed by atoms with van der Waals surface area (Å²) in [6, 6.07) is 16.6. The first-order valence-electron chi connectivity index (χ1n) is 8.83. The molecule has 0 saturated carbocycles. The van der Waals surface area contributed by atoms with Crippen LogP contribution >= 0.6 is 11.3 Å². The molecule has 6 nitrogen and oxygen atoms in total. The van der Waals surface area contributed by atoms with Crippen LogP contribution in [-0.2, 0) is 0 Å². The SMILES string of the molecule is O=C(Nc1csc(-c2c[nH]c3ccccc23)c1C(=O)O)c1cc2ccccc2o1. The van der Waals surface area contributed by atoms with Gasteiger partial charge in [-0.3, -0.25) is 4.79 Å². The Balaban J connectivity index is 1.54. The lowest BCUT2D eigenvalue weighted by atomic mass is 10.1. The van der Waals surface area contributed by atoms with Gasteiger partial charge in [0.1, 0.15) is 11.1 Å². The number of aromatic amines is 1. The fraction of sp³-hybridized carbons (Fsp3) is 0. The van der Waals surface area contributed by atoms with Gasteiger partial charge in [-0.2, -0.15) is 0 Å². The molecule has 29 heavy (non-hydrogen) atoms. The molecule has 2 aromatic carbocycles. The van der Waals surface area contributed by atoms with Crippen LogP contribution in [0.2, 0.25) is 0 Å². The fourth-order valence-corrected chi connectivity index (χ4v) is 4.42. The Morgan fingerprint density at radius 1 is 1.07 bits per heavy atom. The lowest BCUT2D eigenvalue weighted by Crippen LogP contribution is -2.13. The molecule has 0 aliphatic heterocycles. The van der Waals surface area contributed by atoms with Gasteiger partial charge in [-0.25, -0.2) is 4.79 Å². The molecule has 3 N–H and O–H groups in total. The highest BCUT2D eigenvalue weighted by Crippen LogP contribution is 2.39. The summed E-state index contributed by atoms with van der Waals surface area (Å²) in [6.07, 6.45) is 1.79. The maximum atomic E-state index is 12.7. The zero-order valence-corrected chi connectivity index (χ0v) is 15.7. The van der Waals surface area contributed by atoms with Crippen LogP contribution in [0.4, 0.5) is 5.69 Å². The smallest absolute Gasteiger partial charge is 0.339 e. The second-order valence-electron chi connectivity index (χ2n) is 6.51. The number of rotatable bonds is 4. The van der Waals surface area contributed by atoms with Crippen LogP contribution in [0, 0.1) is 0 Å². The average molecular weight is 402 g/mol. The molecule has 7 heteroatoms. The number of benzene rings is 2. The van der Waals surface area contributed by atoms with Crippen molar-refractivity contribution in [3.63, 3.8) is 0 Å². The molecular weight excluding hydrogens is 388 g/mol. The molecule has 1 amide bonds. The molecule has 3 aromatic heterocycles. The Hall–Kier alpha value is -3.84. The maximum Gasteiger partial charge on any atom is 0.339 e. The summed E-state index contributed by atoms with van der Waals surface area (Å²) in [5.74, 6) is -1.47. The number of thiophene rings is 1. The fourth-order valence-electron chi connectivity index (χ4n) is 3.40. The minimum atomic E-state index is -1.11. The number of carboxylic acid groups (broad SMARTS) is 1. The van der Waals surface area contributed by atoms with Crippen molar-refractivity contribution in [1.29, 1.82) is 0 Å². The van der Waals surface area contributed by atoms with Gasteiger partial charge in [0.05, 0.1) is 10.6 Å². The van der Waals surface area contributed by atoms with Gasteiger partial charge >= 0.3 is 5.97 Å². The molecule has 142 valence electrons. The molecular formula is C22H14N2O4S. The van der Waals surface area contributed by atoms with Gasteiger partial charge in [0, 0.05) is 33.4 Å². The van der Waals surface area contributed by atoms with Gasteiger partial charge in [-0.05, 0) is 18.2 Å². The molecule has 0 aliphatic rings. The van der Waals surface area contributed by atoms with E-state index in [1.165, 1.54) is 11.3 Å². The summed E-state index contributed by atoms with van der Waals surface area (Å²) in [7, 11) is 0. The number of furan rings is 1. The van der Waals surface area contributed by atoms with Crippen molar-refractivity contribution in [3.05, 3.63) is 77.5 Å². The molecule has 0 spiro atoms. The van der Waals surface area contributed by atoms with Gasteiger partial charge in [0.15, 0.2) is 5.76 Å². The van der Waals surface area contributed by atoms with Crippen molar-refractivity contribution in [2.75, 3.05) is 5.32 Å². The summed E-state index contributed by atoms with van der Waals surface area (Å²) in [6.45, 7) is 0. The van der Waals surface area contributed by atoms with E-state index in [9.17, 15) is 14.7 Å². The lowest BCUT2D eigenvalue weighted by molar-refractivity contribution is 0.0699. The van der Waals surface area contributed by atoms with Crippen LogP contribution in [0.15, 0.2) is 70.6 Å². The number of hydrogen-bond donors (Lipinski definition) is 3. The molecule has 0 bridgehead atoms. The number of anilines is 1. The van der Waals surface area contributed by atoms with Gasteiger partial charge in [0.2, 0.25) is 0 Å². The Kier molecular flexibility index (Phi) is 3.96. The van der Waals surface area contributed by atoms with E-state index in [0.717, 1.165) is 21.9 Å². The molecule has 0 fully saturated rings. The van der Waals surface area contributed by atoms with Crippen LogP contribution in [0.1, 0.15) is 20.9 Å². The van der Waals surface area contributed by atoms with Gasteiger partial charge in [-0.1, -0.05) is 36.4 Å². The van der Waals surface area contributed by atoms with Crippen molar-refractivity contribution in [3.8, 4) is 10.4 Å². The Bertz CT molecular complexity index is 1360. The minimum Gasteiger partial charge on any atom is -0.478 e. The third kappa shape index (κ3) is 2.88. The number of aromatic carboxylic acids is 1. The van der Waals surface area contributed by atoms with Crippen LogP contribution in [0.5, 0.6) is 0 Å². The molecule has 5 aromatic rings. The predicted molar refractivity (Wildman–Crippen MR) is 113 cm³/mol. The second kappa shape index (κ2) is 6.65. The summed E-state index contributed by atoms with van der Waals surface area (Å²) >= 11 is 1.27. The Labute approximate surface area is 168 Å². The lowest BCUT2D eigenvalue weighted by Gasteiger charge is -2.04. The Morgan fingerprint density at radius 2 is 1.86 bits per heavy atom. The molecule has 0 atom stereocenters. The van der Waals surface area contributed by atoms with Crippen molar-refractivity contribution >= 4 is 50.8 Å². The molecule has 0 aliphatic carbocycles. The van der Waals surface area contributed by atoms with E-state index in [0.29, 0.717) is 10.5 Å². The Morgan fingerprint density at radius 3 is 2.69 bits per heavy atom. The molecule has 0 saturated heterocycles. The minimum absolute atomic E-state index is 0.0595. The van der Waals surface area contributed by atoms with E-state index >= 15 is 0 Å². The second-order valence-corrected chi connectivity index (χ2v) is 7.39. The van der Waals surface area contributed by atoms with Crippen LogP contribution in [-0.4, -0.2) is 22.0 Å². The number of carbonyl (C=O) groups is 2. The highest BCUT2D eigenvalue weighted by molar-refractivity contribution is 7.14. The van der Waals surface area contributed by atoms with E-state index in [1.54, 1.807) is 23.7 Å². The third-order valence-electron chi connectivity index (χ3n) is 4.74. The average Bonchev–Trinajstić information content (AvgIpc) is 3.43. The number of nitrogens with one attached hydrogen (secondary N) is 2. The number of aromatic nitrogens is 1. The van der Waals surface area contributed by atoms with E-state index in [1.807, 2.05) is 42.5 Å². The highest BCUT2D eigenvalue weighted by atomic mass is 32.1.